The molecule has 3 heteroatoms. The van der Waals surface area contributed by atoms with Gasteiger partial charge in [0.05, 0.1) is 11.7 Å². The summed E-state index contributed by atoms with van der Waals surface area (Å²) < 4.78 is 5.65. The van der Waals surface area contributed by atoms with Crippen LogP contribution in [0.25, 0.3) is 0 Å². The molecule has 3 N–H and O–H groups in total. The van der Waals surface area contributed by atoms with Crippen molar-refractivity contribution in [3.8, 4) is 0 Å². The third-order valence-electron chi connectivity index (χ3n) is 3.82. The highest BCUT2D eigenvalue weighted by Crippen LogP contribution is 2.40. The van der Waals surface area contributed by atoms with Crippen molar-refractivity contribution in [1.82, 2.24) is 0 Å². The van der Waals surface area contributed by atoms with Crippen molar-refractivity contribution in [3.05, 3.63) is 0 Å². The van der Waals surface area contributed by atoms with Crippen molar-refractivity contribution in [2.45, 2.75) is 58.2 Å². The molecule has 0 aromatic rings. The number of ether oxygens (including phenoxy) is 1. The Hall–Kier alpha value is -0.120. The summed E-state index contributed by atoms with van der Waals surface area (Å²) in [5.41, 5.74) is 4.87. The fourth-order valence-corrected chi connectivity index (χ4v) is 2.24. The maximum absolute atomic E-state index is 10.6. The highest BCUT2D eigenvalue weighted by molar-refractivity contribution is 4.97. The SMILES string of the molecule is CCCC1CC(O)(C(C)(C)CN)CCO1. The van der Waals surface area contributed by atoms with Gasteiger partial charge < -0.3 is 15.6 Å². The highest BCUT2D eigenvalue weighted by atomic mass is 16.5. The second-order valence-corrected chi connectivity index (χ2v) is 5.36. The number of aliphatic hydroxyl groups is 1. The molecule has 1 aliphatic heterocycles. The first kappa shape index (κ1) is 12.9. The molecule has 15 heavy (non-hydrogen) atoms. The minimum Gasteiger partial charge on any atom is -0.389 e. The Kier molecular flexibility index (Phi) is 4.15. The van der Waals surface area contributed by atoms with E-state index in [1.54, 1.807) is 0 Å². The van der Waals surface area contributed by atoms with Gasteiger partial charge in [-0.1, -0.05) is 27.2 Å². The quantitative estimate of drug-likeness (QED) is 0.750. The third-order valence-corrected chi connectivity index (χ3v) is 3.82. The van der Waals surface area contributed by atoms with Crippen molar-refractivity contribution in [3.63, 3.8) is 0 Å². The van der Waals surface area contributed by atoms with Gasteiger partial charge in [0.15, 0.2) is 0 Å². The molecular formula is C12H25NO2. The van der Waals surface area contributed by atoms with Crippen molar-refractivity contribution < 1.29 is 9.84 Å². The monoisotopic (exact) mass is 215 g/mol. The zero-order valence-electron chi connectivity index (χ0n) is 10.3. The molecule has 0 aliphatic carbocycles. The number of rotatable bonds is 4. The Morgan fingerprint density at radius 3 is 2.73 bits per heavy atom. The van der Waals surface area contributed by atoms with Crippen molar-refractivity contribution in [2.75, 3.05) is 13.2 Å². The summed E-state index contributed by atoms with van der Waals surface area (Å²) >= 11 is 0. The zero-order valence-corrected chi connectivity index (χ0v) is 10.3. The van der Waals surface area contributed by atoms with E-state index in [-0.39, 0.29) is 11.5 Å². The summed E-state index contributed by atoms with van der Waals surface area (Å²) in [6.45, 7) is 7.40. The Morgan fingerprint density at radius 1 is 1.53 bits per heavy atom. The molecule has 0 bridgehead atoms. The van der Waals surface area contributed by atoms with Gasteiger partial charge in [-0.3, -0.25) is 0 Å². The van der Waals surface area contributed by atoms with Gasteiger partial charge in [-0.15, -0.1) is 0 Å². The smallest absolute Gasteiger partial charge is 0.0757 e. The Labute approximate surface area is 93.0 Å². The summed E-state index contributed by atoms with van der Waals surface area (Å²) in [7, 11) is 0. The standard InChI is InChI=1S/C12H25NO2/c1-4-5-10-8-12(14,6-7-15-10)11(2,3)9-13/h10,14H,4-9,13H2,1-3H3. The zero-order chi connectivity index (χ0) is 11.5. The van der Waals surface area contributed by atoms with Crippen LogP contribution in [0.5, 0.6) is 0 Å². The summed E-state index contributed by atoms with van der Waals surface area (Å²) in [5, 5.41) is 10.6. The number of hydrogen-bond acceptors (Lipinski definition) is 3. The van der Waals surface area contributed by atoms with E-state index in [2.05, 4.69) is 6.92 Å². The van der Waals surface area contributed by atoms with Crippen LogP contribution in [0.3, 0.4) is 0 Å². The summed E-state index contributed by atoms with van der Waals surface area (Å²) in [5.74, 6) is 0. The molecule has 1 saturated heterocycles. The average Bonchev–Trinajstić information content (AvgIpc) is 2.18. The van der Waals surface area contributed by atoms with Gasteiger partial charge >= 0.3 is 0 Å². The Morgan fingerprint density at radius 2 is 2.20 bits per heavy atom. The van der Waals surface area contributed by atoms with Gasteiger partial charge in [-0.2, -0.15) is 0 Å². The molecule has 0 aromatic carbocycles. The van der Waals surface area contributed by atoms with E-state index < -0.39 is 5.60 Å². The molecule has 1 fully saturated rings. The van der Waals surface area contributed by atoms with Gasteiger partial charge in [-0.05, 0) is 6.42 Å². The lowest BCUT2D eigenvalue weighted by atomic mass is 9.69. The van der Waals surface area contributed by atoms with Crippen LogP contribution in [-0.2, 0) is 4.74 Å². The van der Waals surface area contributed by atoms with Gasteiger partial charge in [0.25, 0.3) is 0 Å². The average molecular weight is 215 g/mol. The lowest BCUT2D eigenvalue weighted by Gasteiger charge is -2.47. The van der Waals surface area contributed by atoms with E-state index in [0.717, 1.165) is 19.3 Å². The fourth-order valence-electron chi connectivity index (χ4n) is 2.24. The van der Waals surface area contributed by atoms with Crippen molar-refractivity contribution in [1.29, 1.82) is 0 Å². The van der Waals surface area contributed by atoms with Crippen LogP contribution in [-0.4, -0.2) is 30.0 Å². The molecule has 0 radical (unpaired) electrons. The second-order valence-electron chi connectivity index (χ2n) is 5.36. The van der Waals surface area contributed by atoms with Crippen molar-refractivity contribution in [2.24, 2.45) is 11.1 Å². The van der Waals surface area contributed by atoms with E-state index in [9.17, 15) is 5.11 Å². The van der Waals surface area contributed by atoms with Gasteiger partial charge in [-0.25, -0.2) is 0 Å². The van der Waals surface area contributed by atoms with E-state index in [1.807, 2.05) is 13.8 Å². The fraction of sp³-hybridized carbons (Fsp3) is 1.00. The maximum Gasteiger partial charge on any atom is 0.0757 e. The van der Waals surface area contributed by atoms with Crippen LogP contribution in [0.1, 0.15) is 46.5 Å². The molecule has 2 unspecified atom stereocenters. The number of nitrogens with two attached hydrogens (primary N) is 1. The Bertz CT molecular complexity index is 204. The van der Waals surface area contributed by atoms with E-state index >= 15 is 0 Å². The Balaban J connectivity index is 2.67. The lowest BCUT2D eigenvalue weighted by Crippen LogP contribution is -2.54. The summed E-state index contributed by atoms with van der Waals surface area (Å²) in [6, 6.07) is 0. The number of hydrogen-bond donors (Lipinski definition) is 2. The van der Waals surface area contributed by atoms with Crippen molar-refractivity contribution >= 4 is 0 Å². The largest absolute Gasteiger partial charge is 0.389 e. The molecule has 1 heterocycles. The van der Waals surface area contributed by atoms with Gasteiger partial charge in [0, 0.05) is 31.4 Å². The maximum atomic E-state index is 10.6. The van der Waals surface area contributed by atoms with E-state index in [0.29, 0.717) is 19.6 Å². The molecule has 0 aromatic heterocycles. The van der Waals surface area contributed by atoms with Crippen LogP contribution in [0.2, 0.25) is 0 Å². The first-order chi connectivity index (χ1) is 6.95. The molecule has 3 nitrogen and oxygen atoms in total. The van der Waals surface area contributed by atoms with Gasteiger partial charge in [0.2, 0.25) is 0 Å². The normalized spacial score (nSPS) is 33.0. The molecule has 90 valence electrons. The molecule has 0 saturated carbocycles. The lowest BCUT2D eigenvalue weighted by molar-refractivity contribution is -0.157. The summed E-state index contributed by atoms with van der Waals surface area (Å²) in [4.78, 5) is 0. The first-order valence-electron chi connectivity index (χ1n) is 5.99. The molecule has 2 atom stereocenters. The topological polar surface area (TPSA) is 55.5 Å². The van der Waals surface area contributed by atoms with Crippen LogP contribution in [0.4, 0.5) is 0 Å². The molecule has 1 aliphatic rings. The molecule has 0 spiro atoms. The van der Waals surface area contributed by atoms with E-state index in [1.165, 1.54) is 0 Å². The predicted molar refractivity (Wildman–Crippen MR) is 61.7 cm³/mol. The minimum atomic E-state index is -0.653. The van der Waals surface area contributed by atoms with Crippen LogP contribution >= 0.6 is 0 Å². The molecular weight excluding hydrogens is 190 g/mol. The highest BCUT2D eigenvalue weighted by Gasteiger charge is 2.45. The molecule has 0 amide bonds. The third kappa shape index (κ3) is 2.71. The van der Waals surface area contributed by atoms with Crippen LogP contribution in [0.15, 0.2) is 0 Å². The minimum absolute atomic E-state index is 0.208. The van der Waals surface area contributed by atoms with Crippen LogP contribution in [0, 0.1) is 5.41 Å². The first-order valence-corrected chi connectivity index (χ1v) is 5.99. The van der Waals surface area contributed by atoms with Crippen LogP contribution < -0.4 is 5.73 Å². The van der Waals surface area contributed by atoms with E-state index in [4.69, 9.17) is 10.5 Å². The van der Waals surface area contributed by atoms with Gasteiger partial charge in [0.1, 0.15) is 0 Å². The second kappa shape index (κ2) is 4.81. The summed E-state index contributed by atoms with van der Waals surface area (Å²) in [6.07, 6.45) is 3.77. The predicted octanol–water partition coefficient (Wildman–Crippen LogP) is 1.68. The molecule has 1 rings (SSSR count).